The van der Waals surface area contributed by atoms with Gasteiger partial charge in [0, 0.05) is 17.8 Å². The van der Waals surface area contributed by atoms with Gasteiger partial charge in [-0.25, -0.2) is 4.98 Å². The van der Waals surface area contributed by atoms with Crippen LogP contribution in [0.1, 0.15) is 49.5 Å². The van der Waals surface area contributed by atoms with Crippen LogP contribution in [0.15, 0.2) is 6.20 Å². The van der Waals surface area contributed by atoms with Crippen LogP contribution in [-0.4, -0.2) is 46.7 Å². The molecule has 1 aliphatic heterocycles. The lowest BCUT2D eigenvalue weighted by Crippen LogP contribution is -2.39. The quantitative estimate of drug-likeness (QED) is 0.856. The molecule has 100 valence electrons. The minimum absolute atomic E-state index is 0.0519. The monoisotopic (exact) mass is 249 g/mol. The van der Waals surface area contributed by atoms with Gasteiger partial charge in [0.1, 0.15) is 5.82 Å². The van der Waals surface area contributed by atoms with Gasteiger partial charge in [0.15, 0.2) is 0 Å². The molecule has 1 saturated heterocycles. The molecule has 4 heteroatoms. The molecule has 4 nitrogen and oxygen atoms in total. The summed E-state index contributed by atoms with van der Waals surface area (Å²) in [4.78, 5) is 10.4. The normalized spacial score (nSPS) is 25.0. The lowest BCUT2D eigenvalue weighted by Gasteiger charge is -2.38. The predicted molar refractivity (Wildman–Crippen MR) is 70.7 cm³/mol. The van der Waals surface area contributed by atoms with Crippen LogP contribution < -0.4 is 0 Å². The van der Waals surface area contributed by atoms with Crippen molar-refractivity contribution in [3.05, 3.63) is 17.7 Å². The number of aromatic amines is 1. The summed E-state index contributed by atoms with van der Waals surface area (Å²) in [5.41, 5.74) is 1.22. The van der Waals surface area contributed by atoms with Crippen molar-refractivity contribution >= 4 is 0 Å². The lowest BCUT2D eigenvalue weighted by atomic mass is 9.69. The van der Waals surface area contributed by atoms with Crippen LogP contribution in [0.25, 0.3) is 0 Å². The molecule has 1 aromatic heterocycles. The van der Waals surface area contributed by atoms with Gasteiger partial charge in [0.2, 0.25) is 0 Å². The summed E-state index contributed by atoms with van der Waals surface area (Å²) in [6, 6.07) is 0. The van der Waals surface area contributed by atoms with Crippen molar-refractivity contribution in [3.8, 4) is 0 Å². The first kappa shape index (κ1) is 12.2. The number of aliphatic hydroxyl groups excluding tert-OH is 1. The van der Waals surface area contributed by atoms with Gasteiger partial charge < -0.3 is 15.0 Å². The zero-order chi connectivity index (χ0) is 12.6. The Morgan fingerprint density at radius 2 is 2.17 bits per heavy atom. The topological polar surface area (TPSA) is 52.1 Å². The smallest absolute Gasteiger partial charge is 0.114 e. The third kappa shape index (κ3) is 1.97. The van der Waals surface area contributed by atoms with Crippen molar-refractivity contribution in [3.63, 3.8) is 0 Å². The molecule has 0 unspecified atom stereocenters. The molecule has 2 heterocycles. The Morgan fingerprint density at radius 3 is 2.72 bits per heavy atom. The van der Waals surface area contributed by atoms with E-state index in [1.165, 1.54) is 38.0 Å². The second-order valence-corrected chi connectivity index (χ2v) is 6.06. The molecule has 1 saturated carbocycles. The van der Waals surface area contributed by atoms with Crippen LogP contribution in [0, 0.1) is 0 Å². The molecule has 2 fully saturated rings. The first-order chi connectivity index (χ1) is 8.73. The molecule has 0 radical (unpaired) electrons. The maximum atomic E-state index is 9.58. The SMILES string of the molecule is CN1CCC(c2cnc(C3(CO)CCC3)[nH]2)CC1. The van der Waals surface area contributed by atoms with Gasteiger partial charge in [0.05, 0.1) is 12.0 Å². The van der Waals surface area contributed by atoms with E-state index >= 15 is 0 Å². The van der Waals surface area contributed by atoms with Crippen LogP contribution in [0.5, 0.6) is 0 Å². The number of H-pyrrole nitrogens is 1. The number of nitrogens with one attached hydrogen (secondary N) is 1. The fraction of sp³-hybridized carbons (Fsp3) is 0.786. The van der Waals surface area contributed by atoms with Crippen molar-refractivity contribution < 1.29 is 5.11 Å². The van der Waals surface area contributed by atoms with Gasteiger partial charge in [-0.05, 0) is 45.8 Å². The van der Waals surface area contributed by atoms with Crippen LogP contribution >= 0.6 is 0 Å². The second kappa shape index (κ2) is 4.67. The molecule has 3 rings (SSSR count). The van der Waals surface area contributed by atoms with Crippen LogP contribution in [0.3, 0.4) is 0 Å². The lowest BCUT2D eigenvalue weighted by molar-refractivity contribution is 0.113. The van der Waals surface area contributed by atoms with E-state index in [9.17, 15) is 5.11 Å². The van der Waals surface area contributed by atoms with Gasteiger partial charge in [-0.1, -0.05) is 6.42 Å². The number of imidazole rings is 1. The van der Waals surface area contributed by atoms with Crippen molar-refractivity contribution in [1.82, 2.24) is 14.9 Å². The average molecular weight is 249 g/mol. The van der Waals surface area contributed by atoms with Crippen molar-refractivity contribution in [1.29, 1.82) is 0 Å². The van der Waals surface area contributed by atoms with Crippen molar-refractivity contribution in [2.75, 3.05) is 26.7 Å². The average Bonchev–Trinajstić information content (AvgIpc) is 2.79. The van der Waals surface area contributed by atoms with Gasteiger partial charge in [0.25, 0.3) is 0 Å². The Kier molecular flexibility index (Phi) is 3.16. The van der Waals surface area contributed by atoms with Gasteiger partial charge >= 0.3 is 0 Å². The number of aromatic nitrogens is 2. The molecule has 0 bridgehead atoms. The minimum atomic E-state index is -0.0519. The zero-order valence-corrected chi connectivity index (χ0v) is 11.2. The standard InChI is InChI=1S/C14H23N3O/c1-17-7-3-11(4-8-17)12-9-15-13(16-12)14(10-18)5-2-6-14/h9,11,18H,2-8,10H2,1H3,(H,15,16). The Labute approximate surface area is 108 Å². The summed E-state index contributed by atoms with van der Waals surface area (Å²) in [7, 11) is 2.18. The highest BCUT2D eigenvalue weighted by Gasteiger charge is 2.41. The Balaban J connectivity index is 1.73. The number of hydrogen-bond acceptors (Lipinski definition) is 3. The number of hydrogen-bond donors (Lipinski definition) is 2. The maximum absolute atomic E-state index is 9.58. The highest BCUT2D eigenvalue weighted by atomic mass is 16.3. The van der Waals surface area contributed by atoms with Crippen molar-refractivity contribution in [2.45, 2.75) is 43.4 Å². The van der Waals surface area contributed by atoms with E-state index in [2.05, 4.69) is 21.9 Å². The number of piperidine rings is 1. The fourth-order valence-electron chi connectivity index (χ4n) is 3.21. The Bertz CT molecular complexity index is 397. The summed E-state index contributed by atoms with van der Waals surface area (Å²) in [6.07, 6.45) is 7.79. The minimum Gasteiger partial charge on any atom is -0.395 e. The first-order valence-corrected chi connectivity index (χ1v) is 7.08. The summed E-state index contributed by atoms with van der Waals surface area (Å²) >= 11 is 0. The van der Waals surface area contributed by atoms with E-state index in [1.54, 1.807) is 0 Å². The third-order valence-electron chi connectivity index (χ3n) is 4.87. The molecular formula is C14H23N3O. The Morgan fingerprint density at radius 1 is 1.44 bits per heavy atom. The Hall–Kier alpha value is -0.870. The number of nitrogens with zero attached hydrogens (tertiary/aromatic N) is 2. The first-order valence-electron chi connectivity index (χ1n) is 7.08. The third-order valence-corrected chi connectivity index (χ3v) is 4.87. The molecule has 2 N–H and O–H groups in total. The largest absolute Gasteiger partial charge is 0.395 e. The molecule has 0 spiro atoms. The van der Waals surface area contributed by atoms with Crippen molar-refractivity contribution in [2.24, 2.45) is 0 Å². The summed E-state index contributed by atoms with van der Waals surface area (Å²) < 4.78 is 0. The van der Waals surface area contributed by atoms with E-state index in [0.29, 0.717) is 5.92 Å². The van der Waals surface area contributed by atoms with Crippen LogP contribution in [-0.2, 0) is 5.41 Å². The number of aliphatic hydroxyl groups is 1. The van der Waals surface area contributed by atoms with E-state index in [4.69, 9.17) is 0 Å². The molecule has 1 aliphatic carbocycles. The number of rotatable bonds is 3. The van der Waals surface area contributed by atoms with Crippen LogP contribution in [0.2, 0.25) is 0 Å². The second-order valence-electron chi connectivity index (χ2n) is 6.06. The summed E-state index contributed by atoms with van der Waals surface area (Å²) in [5, 5.41) is 9.58. The molecule has 0 amide bonds. The summed E-state index contributed by atoms with van der Waals surface area (Å²) in [5.74, 6) is 1.64. The van der Waals surface area contributed by atoms with E-state index < -0.39 is 0 Å². The summed E-state index contributed by atoms with van der Waals surface area (Å²) in [6.45, 7) is 2.57. The molecule has 2 aliphatic rings. The molecular weight excluding hydrogens is 226 g/mol. The van der Waals surface area contributed by atoms with E-state index in [0.717, 1.165) is 18.7 Å². The van der Waals surface area contributed by atoms with Crippen LogP contribution in [0.4, 0.5) is 0 Å². The van der Waals surface area contributed by atoms with E-state index in [1.807, 2.05) is 6.20 Å². The highest BCUT2D eigenvalue weighted by molar-refractivity contribution is 5.18. The molecule has 0 aromatic carbocycles. The molecule has 1 aromatic rings. The molecule has 0 atom stereocenters. The fourth-order valence-corrected chi connectivity index (χ4v) is 3.21. The zero-order valence-electron chi connectivity index (χ0n) is 11.2. The maximum Gasteiger partial charge on any atom is 0.114 e. The molecule has 18 heavy (non-hydrogen) atoms. The number of likely N-dealkylation sites (tertiary alicyclic amines) is 1. The predicted octanol–water partition coefficient (Wildman–Crippen LogP) is 1.63. The van der Waals surface area contributed by atoms with Gasteiger partial charge in [-0.2, -0.15) is 0 Å². The van der Waals surface area contributed by atoms with Gasteiger partial charge in [-0.15, -0.1) is 0 Å². The van der Waals surface area contributed by atoms with E-state index in [-0.39, 0.29) is 12.0 Å². The van der Waals surface area contributed by atoms with Gasteiger partial charge in [-0.3, -0.25) is 0 Å². The highest BCUT2D eigenvalue weighted by Crippen LogP contribution is 2.42.